The lowest BCUT2D eigenvalue weighted by Gasteiger charge is -2.23. The highest BCUT2D eigenvalue weighted by molar-refractivity contribution is 7.89. The van der Waals surface area contributed by atoms with Gasteiger partial charge in [0.2, 0.25) is 10.0 Å². The number of hydrogen-bond donors (Lipinski definition) is 0. The van der Waals surface area contributed by atoms with Crippen LogP contribution in [0.5, 0.6) is 0 Å². The van der Waals surface area contributed by atoms with Gasteiger partial charge >= 0.3 is 0 Å². The van der Waals surface area contributed by atoms with Crippen molar-refractivity contribution < 1.29 is 13.2 Å². The van der Waals surface area contributed by atoms with E-state index in [0.29, 0.717) is 37.3 Å². The molecule has 0 aliphatic carbocycles. The fraction of sp³-hybridized carbons (Fsp3) is 0.458. The maximum atomic E-state index is 13.7. The van der Waals surface area contributed by atoms with Crippen LogP contribution in [0.2, 0.25) is 0 Å². The van der Waals surface area contributed by atoms with E-state index in [-0.39, 0.29) is 23.3 Å². The predicted molar refractivity (Wildman–Crippen MR) is 128 cm³/mol. The number of carbonyl (C=O) groups is 1. The molecule has 8 nitrogen and oxygen atoms in total. The Hall–Kier alpha value is -2.78. The second kappa shape index (κ2) is 8.87. The molecule has 0 saturated carbocycles. The third kappa shape index (κ3) is 4.39. The van der Waals surface area contributed by atoms with Crippen molar-refractivity contribution in [3.63, 3.8) is 0 Å². The van der Waals surface area contributed by atoms with E-state index in [1.54, 1.807) is 33.8 Å². The summed E-state index contributed by atoms with van der Waals surface area (Å²) in [6.45, 7) is 9.39. The summed E-state index contributed by atoms with van der Waals surface area (Å²) in [7, 11) is -1.77. The Balaban J connectivity index is 1.62. The van der Waals surface area contributed by atoms with E-state index in [1.165, 1.54) is 4.31 Å². The molecule has 0 bridgehead atoms. The second-order valence-corrected chi connectivity index (χ2v) is 11.0. The number of carbonyl (C=O) groups excluding carboxylic acids is 1. The molecular formula is C24H31N5O3S. The van der Waals surface area contributed by atoms with Gasteiger partial charge in [-0.05, 0) is 44.4 Å². The Morgan fingerprint density at radius 2 is 1.73 bits per heavy atom. The molecule has 176 valence electrons. The Kier molecular flexibility index (Phi) is 6.28. The zero-order chi connectivity index (χ0) is 23.9. The lowest BCUT2D eigenvalue weighted by Crippen LogP contribution is -2.37. The van der Waals surface area contributed by atoms with Gasteiger partial charge in [-0.2, -0.15) is 9.40 Å². The Morgan fingerprint density at radius 1 is 1.03 bits per heavy atom. The lowest BCUT2D eigenvalue weighted by atomic mass is 10.0. The topological polar surface area (TPSA) is 88.4 Å². The standard InChI is InChI=1S/C24H31N5O3S/c1-16(2)21-15-20(22-18(4)26-27(5)23(22)25-21)24(30)28-11-6-12-29(14-13-28)33(31,32)19-9-7-17(3)8-10-19/h7-10,15-16H,6,11-14H2,1-5H3. The maximum Gasteiger partial charge on any atom is 0.254 e. The largest absolute Gasteiger partial charge is 0.337 e. The number of amides is 1. The van der Waals surface area contributed by atoms with Crippen molar-refractivity contribution in [2.24, 2.45) is 7.05 Å². The van der Waals surface area contributed by atoms with E-state index in [2.05, 4.69) is 5.10 Å². The van der Waals surface area contributed by atoms with Gasteiger partial charge in [0.05, 0.1) is 21.5 Å². The normalized spacial score (nSPS) is 15.9. The van der Waals surface area contributed by atoms with Crippen molar-refractivity contribution >= 4 is 27.0 Å². The monoisotopic (exact) mass is 469 g/mol. The van der Waals surface area contributed by atoms with Gasteiger partial charge in [-0.1, -0.05) is 31.5 Å². The summed E-state index contributed by atoms with van der Waals surface area (Å²) in [5.74, 6) is 0.0606. The highest BCUT2D eigenvalue weighted by Crippen LogP contribution is 2.27. The average Bonchev–Trinajstić information content (AvgIpc) is 2.95. The van der Waals surface area contributed by atoms with Gasteiger partial charge in [-0.3, -0.25) is 9.48 Å². The number of aryl methyl sites for hydroxylation is 3. The van der Waals surface area contributed by atoms with Crippen LogP contribution in [0.3, 0.4) is 0 Å². The molecule has 0 unspecified atom stereocenters. The van der Waals surface area contributed by atoms with Crippen molar-refractivity contribution in [3.8, 4) is 0 Å². The second-order valence-electron chi connectivity index (χ2n) is 9.02. The van der Waals surface area contributed by atoms with Crippen LogP contribution in [-0.4, -0.2) is 64.5 Å². The molecule has 1 aliphatic heterocycles. The fourth-order valence-electron chi connectivity index (χ4n) is 4.30. The molecule has 0 spiro atoms. The minimum atomic E-state index is -3.60. The van der Waals surface area contributed by atoms with Crippen molar-refractivity contribution in [3.05, 3.63) is 52.8 Å². The van der Waals surface area contributed by atoms with Crippen molar-refractivity contribution in [1.82, 2.24) is 24.0 Å². The number of sulfonamides is 1. The first-order valence-electron chi connectivity index (χ1n) is 11.3. The minimum Gasteiger partial charge on any atom is -0.337 e. The molecule has 2 aromatic heterocycles. The number of fused-ring (bicyclic) bond motifs is 1. The number of rotatable bonds is 4. The lowest BCUT2D eigenvalue weighted by molar-refractivity contribution is 0.0766. The van der Waals surface area contributed by atoms with Gasteiger partial charge in [0.15, 0.2) is 5.65 Å². The molecule has 9 heteroatoms. The summed E-state index contributed by atoms with van der Waals surface area (Å²) in [4.78, 5) is 20.4. The van der Waals surface area contributed by atoms with E-state index < -0.39 is 10.0 Å². The molecule has 1 saturated heterocycles. The van der Waals surface area contributed by atoms with Gasteiger partial charge in [0.1, 0.15) is 0 Å². The van der Waals surface area contributed by atoms with Crippen LogP contribution in [0, 0.1) is 13.8 Å². The van der Waals surface area contributed by atoms with Gasteiger partial charge in [-0.15, -0.1) is 0 Å². The van der Waals surface area contributed by atoms with E-state index >= 15 is 0 Å². The van der Waals surface area contributed by atoms with E-state index in [9.17, 15) is 13.2 Å². The van der Waals surface area contributed by atoms with E-state index in [1.807, 2.05) is 40.8 Å². The van der Waals surface area contributed by atoms with Crippen molar-refractivity contribution in [2.75, 3.05) is 26.2 Å². The molecule has 0 atom stereocenters. The van der Waals surface area contributed by atoms with E-state index in [4.69, 9.17) is 4.98 Å². The molecule has 0 radical (unpaired) electrons. The average molecular weight is 470 g/mol. The van der Waals surface area contributed by atoms with Gasteiger partial charge in [-0.25, -0.2) is 13.4 Å². The fourth-order valence-corrected chi connectivity index (χ4v) is 5.77. The summed E-state index contributed by atoms with van der Waals surface area (Å²) in [5.41, 5.74) is 3.89. The molecule has 1 aromatic carbocycles. The number of nitrogens with zero attached hydrogens (tertiary/aromatic N) is 5. The van der Waals surface area contributed by atoms with Crippen LogP contribution < -0.4 is 0 Å². The maximum absolute atomic E-state index is 13.7. The number of benzene rings is 1. The zero-order valence-corrected chi connectivity index (χ0v) is 20.7. The van der Waals surface area contributed by atoms with Crippen LogP contribution >= 0.6 is 0 Å². The zero-order valence-electron chi connectivity index (χ0n) is 19.9. The third-order valence-electron chi connectivity index (χ3n) is 6.21. The molecule has 4 rings (SSSR count). The van der Waals surface area contributed by atoms with Crippen LogP contribution in [0.1, 0.15) is 53.5 Å². The molecule has 3 heterocycles. The first-order chi connectivity index (χ1) is 15.6. The van der Waals surface area contributed by atoms with Crippen LogP contribution in [0.4, 0.5) is 0 Å². The first kappa shape index (κ1) is 23.4. The predicted octanol–water partition coefficient (Wildman–Crippen LogP) is 3.25. The molecule has 1 amide bonds. The Morgan fingerprint density at radius 3 is 2.39 bits per heavy atom. The van der Waals surface area contributed by atoms with Crippen LogP contribution in [0.15, 0.2) is 35.2 Å². The quantitative estimate of drug-likeness (QED) is 0.585. The summed E-state index contributed by atoms with van der Waals surface area (Å²) >= 11 is 0. The SMILES string of the molecule is Cc1ccc(S(=O)(=O)N2CCCN(C(=O)c3cc(C(C)C)nc4c3c(C)nn4C)CC2)cc1. The minimum absolute atomic E-state index is 0.102. The van der Waals surface area contributed by atoms with Gasteiger partial charge in [0, 0.05) is 38.9 Å². The highest BCUT2D eigenvalue weighted by atomic mass is 32.2. The number of pyridine rings is 1. The molecule has 3 aromatic rings. The number of aromatic nitrogens is 3. The smallest absolute Gasteiger partial charge is 0.254 e. The van der Waals surface area contributed by atoms with Crippen LogP contribution in [-0.2, 0) is 17.1 Å². The number of hydrogen-bond acceptors (Lipinski definition) is 5. The molecule has 0 N–H and O–H groups in total. The molecular weight excluding hydrogens is 438 g/mol. The highest BCUT2D eigenvalue weighted by Gasteiger charge is 2.30. The Bertz CT molecular complexity index is 1300. The van der Waals surface area contributed by atoms with Gasteiger partial charge < -0.3 is 4.90 Å². The van der Waals surface area contributed by atoms with Crippen LogP contribution in [0.25, 0.3) is 11.0 Å². The summed E-state index contributed by atoms with van der Waals surface area (Å²) in [6.07, 6.45) is 0.577. The Labute approximate surface area is 195 Å². The molecule has 1 aliphatic rings. The summed E-state index contributed by atoms with van der Waals surface area (Å²) in [6, 6.07) is 8.76. The molecule has 33 heavy (non-hydrogen) atoms. The summed E-state index contributed by atoms with van der Waals surface area (Å²) < 4.78 is 29.5. The van der Waals surface area contributed by atoms with Crippen molar-refractivity contribution in [1.29, 1.82) is 0 Å². The van der Waals surface area contributed by atoms with E-state index in [0.717, 1.165) is 22.3 Å². The summed E-state index contributed by atoms with van der Waals surface area (Å²) in [5, 5.41) is 5.24. The van der Waals surface area contributed by atoms with Crippen molar-refractivity contribution in [2.45, 2.75) is 44.9 Å². The van der Waals surface area contributed by atoms with Gasteiger partial charge in [0.25, 0.3) is 5.91 Å². The molecule has 1 fully saturated rings. The third-order valence-corrected chi connectivity index (χ3v) is 8.12. The first-order valence-corrected chi connectivity index (χ1v) is 12.7.